The molecule has 0 aliphatic carbocycles. The van der Waals surface area contributed by atoms with Crippen LogP contribution in [0.25, 0.3) is 0 Å². The molecular formula is C34H42ClN5O11S2. The smallest absolute Gasteiger partial charge is 0.413 e. The second-order valence-corrected chi connectivity index (χ2v) is 17.0. The Morgan fingerprint density at radius 1 is 1.06 bits per heavy atom. The van der Waals surface area contributed by atoms with Crippen LogP contribution in [0.5, 0.6) is 5.75 Å². The number of alkyl halides is 1. The van der Waals surface area contributed by atoms with Gasteiger partial charge in [-0.15, -0.1) is 22.9 Å². The molecule has 16 nitrogen and oxygen atoms in total. The van der Waals surface area contributed by atoms with E-state index in [1.807, 2.05) is 0 Å². The minimum atomic E-state index is -1.79. The van der Waals surface area contributed by atoms with Gasteiger partial charge in [0, 0.05) is 11.0 Å². The number of halogens is 1. The number of benzene rings is 1. The SMILES string of the molecule is COc1ccc(COC(=O)C2=C(CCl)C[S+]([O-])[C@@H]3[C@H](NC(=O)C(=NOC(C)(C)C(=O)OC(C)(C)C)c4csc(NC(=O)OC(C)(C)C)n4)C(=O)N23)cc1. The van der Waals surface area contributed by atoms with Crippen LogP contribution in [0.1, 0.15) is 66.6 Å². The molecule has 2 aliphatic heterocycles. The molecule has 1 fully saturated rings. The number of anilines is 1. The van der Waals surface area contributed by atoms with Crippen molar-refractivity contribution in [2.75, 3.05) is 24.1 Å². The molecule has 1 unspecified atom stereocenters. The van der Waals surface area contributed by atoms with E-state index in [1.165, 1.54) is 26.3 Å². The van der Waals surface area contributed by atoms with Gasteiger partial charge in [0.2, 0.25) is 11.0 Å². The molecule has 3 amide bonds. The van der Waals surface area contributed by atoms with E-state index in [9.17, 15) is 28.5 Å². The van der Waals surface area contributed by atoms with E-state index in [4.69, 9.17) is 35.4 Å². The van der Waals surface area contributed by atoms with E-state index in [0.29, 0.717) is 11.3 Å². The topological polar surface area (TPSA) is 207 Å². The van der Waals surface area contributed by atoms with Crippen LogP contribution in [-0.4, -0.2) is 97.0 Å². The molecule has 0 spiro atoms. The highest BCUT2D eigenvalue weighted by Crippen LogP contribution is 2.38. The van der Waals surface area contributed by atoms with Crippen molar-refractivity contribution in [3.63, 3.8) is 0 Å². The van der Waals surface area contributed by atoms with Gasteiger partial charge < -0.3 is 33.7 Å². The van der Waals surface area contributed by atoms with Crippen molar-refractivity contribution in [3.8, 4) is 5.75 Å². The normalized spacial score (nSPS) is 19.1. The Kier molecular flexibility index (Phi) is 12.7. The molecular weight excluding hydrogens is 754 g/mol. The molecule has 2 aliphatic rings. The van der Waals surface area contributed by atoms with Crippen molar-refractivity contribution < 1.29 is 52.3 Å². The molecule has 3 atom stereocenters. The fraction of sp³-hybridized carbons (Fsp3) is 0.500. The standard InChI is InChI=1S/C34H42ClN5O11S2/c1-32(2,3)49-29(44)34(7,8)51-39-22(21-16-52-30(36-21)38-31(45)50-33(4,5)6)25(41)37-23-26(42)40-24(19(14-35)17-53(46)27(23)40)28(43)48-15-18-10-12-20(47-9)13-11-18/h10-13,16,23,27H,14-15,17H2,1-9H3,(H,37,41)(H,36,38,45)/t23-,27-,53?/m1/s1. The number of carbonyl (C=O) groups excluding carboxylic acids is 5. The summed E-state index contributed by atoms with van der Waals surface area (Å²) >= 11 is 5.26. The number of aromatic nitrogens is 1. The molecule has 288 valence electrons. The van der Waals surface area contributed by atoms with Gasteiger partial charge in [0.1, 0.15) is 40.7 Å². The minimum Gasteiger partial charge on any atom is -0.614 e. The predicted molar refractivity (Wildman–Crippen MR) is 196 cm³/mol. The second-order valence-electron chi connectivity index (χ2n) is 14.3. The van der Waals surface area contributed by atoms with Gasteiger partial charge in [0.05, 0.1) is 13.0 Å². The van der Waals surface area contributed by atoms with Crippen molar-refractivity contribution >= 4 is 74.8 Å². The molecule has 0 radical (unpaired) electrons. The zero-order chi connectivity index (χ0) is 39.5. The number of thiazole rings is 1. The fourth-order valence-corrected chi connectivity index (χ4v) is 7.43. The highest BCUT2D eigenvalue weighted by atomic mass is 35.5. The lowest BCUT2D eigenvalue weighted by Crippen LogP contribution is -2.75. The molecule has 1 aromatic carbocycles. The van der Waals surface area contributed by atoms with Crippen molar-refractivity contribution in [1.29, 1.82) is 0 Å². The average molecular weight is 796 g/mol. The Bertz CT molecular complexity index is 1800. The lowest BCUT2D eigenvalue weighted by molar-refractivity contribution is -0.179. The van der Waals surface area contributed by atoms with Crippen molar-refractivity contribution in [2.45, 2.75) is 90.2 Å². The van der Waals surface area contributed by atoms with Crippen LogP contribution in [0.4, 0.5) is 9.93 Å². The molecule has 53 heavy (non-hydrogen) atoms. The van der Waals surface area contributed by atoms with Crippen molar-refractivity contribution in [1.82, 2.24) is 15.2 Å². The Morgan fingerprint density at radius 2 is 1.70 bits per heavy atom. The molecule has 3 heterocycles. The van der Waals surface area contributed by atoms with Gasteiger partial charge in [-0.1, -0.05) is 17.3 Å². The third-order valence-corrected chi connectivity index (χ3v) is 9.94. The molecule has 4 rings (SSSR count). The predicted octanol–water partition coefficient (Wildman–Crippen LogP) is 3.99. The van der Waals surface area contributed by atoms with Gasteiger partial charge in [-0.2, -0.15) is 0 Å². The number of rotatable bonds is 12. The maximum Gasteiger partial charge on any atom is 0.413 e. The summed E-state index contributed by atoms with van der Waals surface area (Å²) < 4.78 is 34.7. The third-order valence-electron chi connectivity index (χ3n) is 7.20. The summed E-state index contributed by atoms with van der Waals surface area (Å²) in [5.41, 5.74) is -3.19. The third kappa shape index (κ3) is 10.4. The number of ether oxygens (including phenoxy) is 4. The Labute approximate surface area is 318 Å². The first kappa shape index (κ1) is 41.4. The summed E-state index contributed by atoms with van der Waals surface area (Å²) in [4.78, 5) is 76.8. The van der Waals surface area contributed by atoms with Crippen LogP contribution in [0.2, 0.25) is 0 Å². The fourth-order valence-electron chi connectivity index (χ4n) is 4.73. The number of methoxy groups -OCH3 is 1. The molecule has 19 heteroatoms. The van der Waals surface area contributed by atoms with E-state index in [1.54, 1.807) is 65.8 Å². The summed E-state index contributed by atoms with van der Waals surface area (Å²) in [6.07, 6.45) is -0.800. The van der Waals surface area contributed by atoms with Crippen LogP contribution in [0.15, 0.2) is 46.1 Å². The Hall–Kier alpha value is -4.39. The summed E-state index contributed by atoms with van der Waals surface area (Å²) in [6, 6.07) is 5.44. The van der Waals surface area contributed by atoms with Crippen molar-refractivity contribution in [2.24, 2.45) is 5.16 Å². The monoisotopic (exact) mass is 795 g/mol. The number of carbonyl (C=O) groups is 5. The summed E-state index contributed by atoms with van der Waals surface area (Å²) in [6.45, 7) is 12.7. The van der Waals surface area contributed by atoms with E-state index in [2.05, 4.69) is 20.8 Å². The maximum atomic E-state index is 13.9. The summed E-state index contributed by atoms with van der Waals surface area (Å²) in [5, 5.41) is 9.22. The number of hydrogen-bond acceptors (Lipinski definition) is 14. The average Bonchev–Trinajstić information content (AvgIpc) is 3.51. The number of β-lactam (4-membered cyclic amide) rings is 1. The maximum absolute atomic E-state index is 13.9. The first-order chi connectivity index (χ1) is 24.6. The van der Waals surface area contributed by atoms with Crippen LogP contribution >= 0.6 is 22.9 Å². The van der Waals surface area contributed by atoms with E-state index >= 15 is 0 Å². The van der Waals surface area contributed by atoms with E-state index in [-0.39, 0.29) is 40.3 Å². The van der Waals surface area contributed by atoms with E-state index in [0.717, 1.165) is 16.2 Å². The molecule has 0 bridgehead atoms. The Balaban J connectivity index is 1.57. The lowest BCUT2D eigenvalue weighted by Gasteiger charge is -2.49. The largest absolute Gasteiger partial charge is 0.614 e. The lowest BCUT2D eigenvalue weighted by atomic mass is 10.0. The van der Waals surface area contributed by atoms with Crippen LogP contribution in [0, 0.1) is 0 Å². The number of amides is 3. The first-order valence-corrected chi connectivity index (χ1v) is 19.0. The number of hydrogen-bond donors (Lipinski definition) is 2. The number of fused-ring (bicyclic) bond motifs is 1. The zero-order valence-electron chi connectivity index (χ0n) is 30.7. The highest BCUT2D eigenvalue weighted by Gasteiger charge is 2.61. The second kappa shape index (κ2) is 16.3. The Morgan fingerprint density at radius 3 is 2.28 bits per heavy atom. The first-order valence-electron chi connectivity index (χ1n) is 16.2. The van der Waals surface area contributed by atoms with Crippen molar-refractivity contribution in [3.05, 3.63) is 52.2 Å². The highest BCUT2D eigenvalue weighted by molar-refractivity contribution is 7.92. The summed E-state index contributed by atoms with van der Waals surface area (Å²) in [5.74, 6) is -3.13. The molecule has 2 N–H and O–H groups in total. The van der Waals surface area contributed by atoms with Gasteiger partial charge in [-0.25, -0.2) is 19.4 Å². The van der Waals surface area contributed by atoms with Gasteiger partial charge in [0.15, 0.2) is 16.9 Å². The summed E-state index contributed by atoms with van der Waals surface area (Å²) in [7, 11) is 1.52. The van der Waals surface area contributed by atoms with Gasteiger partial charge in [-0.3, -0.25) is 19.8 Å². The van der Waals surface area contributed by atoms with Crippen LogP contribution in [-0.2, 0) is 56.0 Å². The van der Waals surface area contributed by atoms with Gasteiger partial charge in [-0.05, 0) is 84.3 Å². The van der Waals surface area contributed by atoms with E-state index < -0.39 is 75.0 Å². The molecule has 2 aromatic rings. The zero-order valence-corrected chi connectivity index (χ0v) is 33.1. The minimum absolute atomic E-state index is 0.0389. The quantitative estimate of drug-likeness (QED) is 0.0595. The molecule has 1 saturated heterocycles. The van der Waals surface area contributed by atoms with Gasteiger partial charge >= 0.3 is 18.0 Å². The van der Waals surface area contributed by atoms with Crippen LogP contribution < -0.4 is 15.4 Å². The number of esters is 2. The van der Waals surface area contributed by atoms with Crippen LogP contribution in [0.3, 0.4) is 0 Å². The number of nitrogens with zero attached hydrogens (tertiary/aromatic N) is 3. The van der Waals surface area contributed by atoms with Gasteiger partial charge in [0.25, 0.3) is 11.8 Å². The molecule has 1 aromatic heterocycles. The number of nitrogens with one attached hydrogen (secondary N) is 2. The number of oxime groups is 1. The molecule has 0 saturated carbocycles.